The van der Waals surface area contributed by atoms with Crippen molar-refractivity contribution in [3.8, 4) is 5.75 Å². The van der Waals surface area contributed by atoms with E-state index in [4.69, 9.17) is 0 Å². The fraction of sp³-hybridized carbons (Fsp3) is 0.231. The molecule has 0 saturated heterocycles. The molecule has 5 nitrogen and oxygen atoms in total. The number of hydrogen-bond donors (Lipinski definition) is 1. The van der Waals surface area contributed by atoms with E-state index in [9.17, 15) is 13.2 Å². The summed E-state index contributed by atoms with van der Waals surface area (Å²) in [5.74, 6) is 0.157. The molecule has 0 aliphatic heterocycles. The topological polar surface area (TPSA) is 50.3 Å². The lowest BCUT2D eigenvalue weighted by atomic mass is 10.3. The molecule has 0 unspecified atom stereocenters. The first-order valence-corrected chi connectivity index (χ1v) is 5.98. The Bertz CT molecular complexity index is 584. The Hall–Kier alpha value is -2.51. The molecule has 2 rings (SSSR count). The minimum atomic E-state index is -4.69. The summed E-state index contributed by atoms with van der Waals surface area (Å²) in [6, 6.07) is 5.47. The molecule has 0 bridgehead atoms. The average molecular weight is 298 g/mol. The number of anilines is 3. The maximum absolute atomic E-state index is 12.1. The van der Waals surface area contributed by atoms with Gasteiger partial charge in [0.05, 0.1) is 18.1 Å². The van der Waals surface area contributed by atoms with E-state index in [0.717, 1.165) is 5.69 Å². The summed E-state index contributed by atoms with van der Waals surface area (Å²) < 4.78 is 40.0. The lowest BCUT2D eigenvalue weighted by molar-refractivity contribution is -0.274. The van der Waals surface area contributed by atoms with Crippen LogP contribution < -0.4 is 15.0 Å². The summed E-state index contributed by atoms with van der Waals surface area (Å²) >= 11 is 0. The van der Waals surface area contributed by atoms with Crippen LogP contribution in [0.3, 0.4) is 0 Å². The van der Waals surface area contributed by atoms with Gasteiger partial charge in [-0.15, -0.1) is 13.2 Å². The lowest BCUT2D eigenvalue weighted by Crippen LogP contribution is -2.17. The van der Waals surface area contributed by atoms with Crippen LogP contribution >= 0.6 is 0 Å². The number of rotatable bonds is 4. The largest absolute Gasteiger partial charge is 0.573 e. The number of alkyl halides is 3. The highest BCUT2D eigenvalue weighted by molar-refractivity contribution is 5.58. The van der Waals surface area contributed by atoms with Crippen molar-refractivity contribution in [2.24, 2.45) is 0 Å². The smallest absolute Gasteiger partial charge is 0.406 e. The van der Waals surface area contributed by atoms with Crippen molar-refractivity contribution >= 4 is 17.3 Å². The number of benzene rings is 1. The molecule has 21 heavy (non-hydrogen) atoms. The minimum absolute atomic E-state index is 0.272. The highest BCUT2D eigenvalue weighted by Gasteiger charge is 2.31. The minimum Gasteiger partial charge on any atom is -0.406 e. The molecule has 0 amide bonds. The van der Waals surface area contributed by atoms with Crippen LogP contribution in [0.2, 0.25) is 0 Å². The summed E-state index contributed by atoms with van der Waals surface area (Å²) in [7, 11) is 3.47. The van der Waals surface area contributed by atoms with Crippen LogP contribution in [0, 0.1) is 0 Å². The Balaban J connectivity index is 2.13. The third kappa shape index (κ3) is 3.98. The quantitative estimate of drug-likeness (QED) is 0.939. The SMILES string of the molecule is CNc1cnc(N(C)c2ccc(OC(F)(F)F)cc2)nc1. The fourth-order valence-corrected chi connectivity index (χ4v) is 1.61. The molecule has 0 saturated carbocycles. The molecule has 0 spiro atoms. The van der Waals surface area contributed by atoms with Gasteiger partial charge >= 0.3 is 6.36 Å². The Morgan fingerprint density at radius 2 is 1.67 bits per heavy atom. The fourth-order valence-electron chi connectivity index (χ4n) is 1.61. The van der Waals surface area contributed by atoms with Crippen molar-refractivity contribution in [3.05, 3.63) is 36.7 Å². The van der Waals surface area contributed by atoms with Crippen molar-refractivity contribution in [1.29, 1.82) is 0 Å². The maximum atomic E-state index is 12.1. The Labute approximate surface area is 119 Å². The van der Waals surface area contributed by atoms with Gasteiger partial charge in [0, 0.05) is 19.8 Å². The van der Waals surface area contributed by atoms with Gasteiger partial charge in [-0.05, 0) is 24.3 Å². The van der Waals surface area contributed by atoms with Gasteiger partial charge in [0.2, 0.25) is 5.95 Å². The molecule has 2 aromatic rings. The number of aromatic nitrogens is 2. The molecule has 1 N–H and O–H groups in total. The van der Waals surface area contributed by atoms with E-state index in [1.807, 2.05) is 0 Å². The molecular formula is C13H13F3N4O. The molecular weight excluding hydrogens is 285 g/mol. The van der Waals surface area contributed by atoms with Crippen molar-refractivity contribution < 1.29 is 17.9 Å². The van der Waals surface area contributed by atoms with Crippen molar-refractivity contribution in [1.82, 2.24) is 9.97 Å². The average Bonchev–Trinajstić information content (AvgIpc) is 2.46. The molecule has 112 valence electrons. The molecule has 8 heteroatoms. The third-order valence-electron chi connectivity index (χ3n) is 2.68. The first-order valence-electron chi connectivity index (χ1n) is 5.98. The second-order valence-electron chi connectivity index (χ2n) is 4.12. The summed E-state index contributed by atoms with van der Waals surface area (Å²) in [5, 5.41) is 2.90. The number of ether oxygens (including phenoxy) is 1. The van der Waals surface area contributed by atoms with Crippen molar-refractivity contribution in [2.45, 2.75) is 6.36 Å². The maximum Gasteiger partial charge on any atom is 0.573 e. The zero-order chi connectivity index (χ0) is 15.5. The highest BCUT2D eigenvalue weighted by Crippen LogP contribution is 2.26. The summed E-state index contributed by atoms with van der Waals surface area (Å²) in [5.41, 5.74) is 1.41. The number of nitrogens with zero attached hydrogens (tertiary/aromatic N) is 3. The monoisotopic (exact) mass is 298 g/mol. The van der Waals surface area contributed by atoms with Gasteiger partial charge in [-0.3, -0.25) is 0 Å². The summed E-state index contributed by atoms with van der Waals surface area (Å²) in [6.45, 7) is 0. The van der Waals surface area contributed by atoms with Gasteiger partial charge in [0.25, 0.3) is 0 Å². The van der Waals surface area contributed by atoms with Crippen LogP contribution in [0.5, 0.6) is 5.75 Å². The van der Waals surface area contributed by atoms with Crippen LogP contribution in [0.15, 0.2) is 36.7 Å². The molecule has 1 heterocycles. The van der Waals surface area contributed by atoms with Gasteiger partial charge in [-0.25, -0.2) is 9.97 Å². The molecule has 0 aliphatic carbocycles. The zero-order valence-corrected chi connectivity index (χ0v) is 11.3. The number of hydrogen-bond acceptors (Lipinski definition) is 5. The van der Waals surface area contributed by atoms with Gasteiger partial charge in [-0.2, -0.15) is 0 Å². The summed E-state index contributed by atoms with van der Waals surface area (Å²) in [4.78, 5) is 9.95. The van der Waals surface area contributed by atoms with Crippen LogP contribution in [0.25, 0.3) is 0 Å². The van der Waals surface area contributed by atoms with E-state index in [2.05, 4.69) is 20.0 Å². The predicted molar refractivity (Wildman–Crippen MR) is 72.8 cm³/mol. The molecule has 0 radical (unpaired) electrons. The molecule has 1 aromatic heterocycles. The third-order valence-corrected chi connectivity index (χ3v) is 2.68. The molecule has 0 fully saturated rings. The van der Waals surface area contributed by atoms with Crippen LogP contribution in [-0.2, 0) is 0 Å². The van der Waals surface area contributed by atoms with Gasteiger partial charge in [0.15, 0.2) is 0 Å². The van der Waals surface area contributed by atoms with Crippen LogP contribution in [0.1, 0.15) is 0 Å². The van der Waals surface area contributed by atoms with Crippen molar-refractivity contribution in [2.75, 3.05) is 24.3 Å². The van der Waals surface area contributed by atoms with E-state index in [-0.39, 0.29) is 5.75 Å². The molecule has 0 atom stereocenters. The van der Waals surface area contributed by atoms with Gasteiger partial charge in [0.1, 0.15) is 5.75 Å². The van der Waals surface area contributed by atoms with Gasteiger partial charge in [-0.1, -0.05) is 0 Å². The zero-order valence-electron chi connectivity index (χ0n) is 11.3. The second-order valence-corrected chi connectivity index (χ2v) is 4.12. The normalized spacial score (nSPS) is 11.1. The first-order chi connectivity index (χ1) is 9.89. The summed E-state index contributed by atoms with van der Waals surface area (Å²) in [6.07, 6.45) is -1.47. The van der Waals surface area contributed by atoms with E-state index in [1.165, 1.54) is 24.3 Å². The van der Waals surface area contributed by atoms with E-state index in [1.54, 1.807) is 31.4 Å². The Morgan fingerprint density at radius 1 is 1.10 bits per heavy atom. The van der Waals surface area contributed by atoms with Crippen LogP contribution in [0.4, 0.5) is 30.5 Å². The van der Waals surface area contributed by atoms with Crippen molar-refractivity contribution in [3.63, 3.8) is 0 Å². The number of nitrogens with one attached hydrogen (secondary N) is 1. The highest BCUT2D eigenvalue weighted by atomic mass is 19.4. The first kappa shape index (κ1) is 14.9. The van der Waals surface area contributed by atoms with Gasteiger partial charge < -0.3 is 15.0 Å². The Kier molecular flexibility index (Phi) is 4.15. The predicted octanol–water partition coefficient (Wildman–Crippen LogP) is 3.18. The van der Waals surface area contributed by atoms with E-state index in [0.29, 0.717) is 11.6 Å². The van der Waals surface area contributed by atoms with Crippen LogP contribution in [-0.4, -0.2) is 30.4 Å². The number of halogens is 3. The molecule has 1 aromatic carbocycles. The second kappa shape index (κ2) is 5.86. The van der Waals surface area contributed by atoms with E-state index >= 15 is 0 Å². The Morgan fingerprint density at radius 3 is 2.14 bits per heavy atom. The molecule has 0 aliphatic rings. The van der Waals surface area contributed by atoms with E-state index < -0.39 is 6.36 Å². The lowest BCUT2D eigenvalue weighted by Gasteiger charge is -2.17. The standard InChI is InChI=1S/C13H13F3N4O/c1-17-9-7-18-12(19-8-9)20(2)10-3-5-11(6-4-10)21-13(14,15)16/h3-8,17H,1-2H3.